The molecule has 2 aliphatic heterocycles. The third-order valence-corrected chi connectivity index (χ3v) is 4.86. The number of methoxy groups -OCH3 is 1. The van der Waals surface area contributed by atoms with E-state index in [2.05, 4.69) is 35.5 Å². The highest BCUT2D eigenvalue weighted by molar-refractivity contribution is 5.44. The molecule has 4 nitrogen and oxygen atoms in total. The number of nitrogens with zero attached hydrogens (tertiary/aromatic N) is 1. The minimum atomic E-state index is 0.305. The summed E-state index contributed by atoms with van der Waals surface area (Å²) in [4.78, 5) is 2.36. The van der Waals surface area contributed by atoms with E-state index < -0.39 is 0 Å². The zero-order valence-electron chi connectivity index (χ0n) is 13.8. The molecule has 0 saturated carbocycles. The largest absolute Gasteiger partial charge is 0.493 e. The molecule has 0 aromatic heterocycles. The maximum Gasteiger partial charge on any atom is 0.161 e. The van der Waals surface area contributed by atoms with Crippen molar-refractivity contribution in [2.24, 2.45) is 0 Å². The second-order valence-electron chi connectivity index (χ2n) is 6.53. The minimum absolute atomic E-state index is 0.305. The lowest BCUT2D eigenvalue weighted by molar-refractivity contribution is 0.111. The van der Waals surface area contributed by atoms with Crippen LogP contribution in [0, 0.1) is 0 Å². The topological polar surface area (TPSA) is 33.7 Å². The van der Waals surface area contributed by atoms with Crippen LogP contribution in [0.15, 0.2) is 18.2 Å². The van der Waals surface area contributed by atoms with E-state index >= 15 is 0 Å². The molecule has 22 heavy (non-hydrogen) atoms. The van der Waals surface area contributed by atoms with Gasteiger partial charge in [-0.2, -0.15) is 0 Å². The molecule has 0 bridgehead atoms. The normalized spacial score (nSPS) is 24.2. The summed E-state index contributed by atoms with van der Waals surface area (Å²) < 4.78 is 11.8. The summed E-state index contributed by atoms with van der Waals surface area (Å²) >= 11 is 0. The fraction of sp³-hybridized carbons (Fsp3) is 0.667. The van der Waals surface area contributed by atoms with Gasteiger partial charge in [0.15, 0.2) is 11.5 Å². The predicted molar refractivity (Wildman–Crippen MR) is 88.7 cm³/mol. The number of nitrogens with one attached hydrogen (secondary N) is 1. The number of likely N-dealkylation sites (tertiary alicyclic amines) is 1. The first kappa shape index (κ1) is 15.6. The first-order chi connectivity index (χ1) is 10.8. The molecular formula is C18H28N2O2. The Morgan fingerprint density at radius 3 is 2.59 bits per heavy atom. The minimum Gasteiger partial charge on any atom is -0.493 e. The van der Waals surface area contributed by atoms with E-state index in [0.717, 1.165) is 44.0 Å². The molecule has 3 rings (SSSR count). The molecule has 2 saturated heterocycles. The van der Waals surface area contributed by atoms with Crippen LogP contribution in [0.25, 0.3) is 0 Å². The van der Waals surface area contributed by atoms with E-state index in [1.54, 1.807) is 7.11 Å². The van der Waals surface area contributed by atoms with E-state index in [1.165, 1.54) is 24.8 Å². The summed E-state index contributed by atoms with van der Waals surface area (Å²) in [6.45, 7) is 3.33. The van der Waals surface area contributed by atoms with Crippen molar-refractivity contribution in [1.82, 2.24) is 10.2 Å². The van der Waals surface area contributed by atoms with Crippen LogP contribution in [0.3, 0.4) is 0 Å². The number of hydrogen-bond acceptors (Lipinski definition) is 4. The zero-order valence-corrected chi connectivity index (χ0v) is 13.8. The molecule has 122 valence electrons. The quantitative estimate of drug-likeness (QED) is 0.927. The molecule has 1 atom stereocenters. The Morgan fingerprint density at radius 1 is 1.09 bits per heavy atom. The average molecular weight is 304 g/mol. The molecule has 1 unspecified atom stereocenters. The highest BCUT2D eigenvalue weighted by Gasteiger charge is 2.21. The second-order valence-corrected chi connectivity index (χ2v) is 6.53. The maximum atomic E-state index is 6.28. The SMILES string of the molecule is COc1ccc(C2CCCCN2)cc1OC1CCN(C)CC1. The lowest BCUT2D eigenvalue weighted by atomic mass is 9.97. The number of ether oxygens (including phenoxy) is 2. The third-order valence-electron chi connectivity index (χ3n) is 4.86. The Labute approximate surface area is 133 Å². The van der Waals surface area contributed by atoms with Crippen LogP contribution in [-0.4, -0.2) is 44.8 Å². The van der Waals surface area contributed by atoms with Crippen molar-refractivity contribution in [3.8, 4) is 11.5 Å². The van der Waals surface area contributed by atoms with Gasteiger partial charge in [-0.15, -0.1) is 0 Å². The summed E-state index contributed by atoms with van der Waals surface area (Å²) in [6.07, 6.45) is 6.28. The van der Waals surface area contributed by atoms with Crippen LogP contribution in [0.4, 0.5) is 0 Å². The molecule has 0 spiro atoms. The summed E-state index contributed by atoms with van der Waals surface area (Å²) in [5.74, 6) is 1.75. The van der Waals surface area contributed by atoms with Gasteiger partial charge in [0.2, 0.25) is 0 Å². The highest BCUT2D eigenvalue weighted by Crippen LogP contribution is 2.34. The van der Waals surface area contributed by atoms with Gasteiger partial charge in [0.25, 0.3) is 0 Å². The monoisotopic (exact) mass is 304 g/mol. The van der Waals surface area contributed by atoms with Crippen LogP contribution < -0.4 is 14.8 Å². The molecule has 0 aliphatic carbocycles. The Balaban J connectivity index is 1.72. The van der Waals surface area contributed by atoms with Gasteiger partial charge in [-0.3, -0.25) is 0 Å². The standard InChI is InChI=1S/C18H28N2O2/c1-20-11-8-15(9-12-20)22-18-13-14(6-7-17(18)21-2)16-5-3-4-10-19-16/h6-7,13,15-16,19H,3-5,8-12H2,1-2H3. The molecular weight excluding hydrogens is 276 g/mol. The van der Waals surface area contributed by atoms with E-state index in [1.807, 2.05) is 0 Å². The fourth-order valence-corrected chi connectivity index (χ4v) is 3.42. The van der Waals surface area contributed by atoms with Crippen LogP contribution >= 0.6 is 0 Å². The van der Waals surface area contributed by atoms with Crippen molar-refractivity contribution in [3.63, 3.8) is 0 Å². The van der Waals surface area contributed by atoms with Crippen molar-refractivity contribution in [3.05, 3.63) is 23.8 Å². The summed E-state index contributed by atoms with van der Waals surface area (Å²) in [5.41, 5.74) is 1.32. The molecule has 0 radical (unpaired) electrons. The molecule has 2 fully saturated rings. The number of piperidine rings is 2. The average Bonchev–Trinajstić information content (AvgIpc) is 2.58. The summed E-state index contributed by atoms with van der Waals surface area (Å²) in [6, 6.07) is 6.86. The number of rotatable bonds is 4. The van der Waals surface area contributed by atoms with E-state index in [4.69, 9.17) is 9.47 Å². The van der Waals surface area contributed by atoms with Crippen LogP contribution in [-0.2, 0) is 0 Å². The smallest absolute Gasteiger partial charge is 0.161 e. The predicted octanol–water partition coefficient (Wildman–Crippen LogP) is 2.98. The molecule has 0 amide bonds. The van der Waals surface area contributed by atoms with Crippen LogP contribution in [0.5, 0.6) is 11.5 Å². The molecule has 2 heterocycles. The van der Waals surface area contributed by atoms with Gasteiger partial charge in [0.05, 0.1) is 7.11 Å². The zero-order chi connectivity index (χ0) is 15.4. The van der Waals surface area contributed by atoms with E-state index in [9.17, 15) is 0 Å². The van der Waals surface area contributed by atoms with Crippen LogP contribution in [0.1, 0.15) is 43.7 Å². The highest BCUT2D eigenvalue weighted by atomic mass is 16.5. The second kappa shape index (κ2) is 7.34. The van der Waals surface area contributed by atoms with Crippen molar-refractivity contribution >= 4 is 0 Å². The van der Waals surface area contributed by atoms with E-state index in [0.29, 0.717) is 12.1 Å². The Morgan fingerprint density at radius 2 is 1.91 bits per heavy atom. The molecule has 2 aliphatic rings. The van der Waals surface area contributed by atoms with Gasteiger partial charge in [-0.05, 0) is 57.0 Å². The van der Waals surface area contributed by atoms with Gasteiger partial charge in [-0.1, -0.05) is 12.5 Å². The van der Waals surface area contributed by atoms with Crippen molar-refractivity contribution in [2.45, 2.75) is 44.2 Å². The third kappa shape index (κ3) is 3.73. The Kier molecular flexibility index (Phi) is 5.21. The van der Waals surface area contributed by atoms with Gasteiger partial charge in [-0.25, -0.2) is 0 Å². The fourth-order valence-electron chi connectivity index (χ4n) is 3.42. The molecule has 1 aromatic carbocycles. The maximum absolute atomic E-state index is 6.28. The molecule has 4 heteroatoms. The summed E-state index contributed by atoms with van der Waals surface area (Å²) in [5, 5.41) is 3.61. The Hall–Kier alpha value is -1.26. The lowest BCUT2D eigenvalue weighted by Gasteiger charge is -2.30. The van der Waals surface area contributed by atoms with Gasteiger partial charge in [0.1, 0.15) is 6.10 Å². The lowest BCUT2D eigenvalue weighted by Crippen LogP contribution is -2.35. The van der Waals surface area contributed by atoms with Gasteiger partial charge >= 0.3 is 0 Å². The van der Waals surface area contributed by atoms with Crippen molar-refractivity contribution in [1.29, 1.82) is 0 Å². The van der Waals surface area contributed by atoms with Gasteiger partial charge in [0, 0.05) is 19.1 Å². The van der Waals surface area contributed by atoms with Crippen LogP contribution in [0.2, 0.25) is 0 Å². The number of benzene rings is 1. The summed E-state index contributed by atoms with van der Waals surface area (Å²) in [7, 11) is 3.89. The Bertz CT molecular complexity index is 478. The molecule has 1 N–H and O–H groups in total. The van der Waals surface area contributed by atoms with E-state index in [-0.39, 0.29) is 0 Å². The molecule has 1 aromatic rings. The first-order valence-electron chi connectivity index (χ1n) is 8.53. The number of hydrogen-bond donors (Lipinski definition) is 1. The van der Waals surface area contributed by atoms with Crippen molar-refractivity contribution in [2.75, 3.05) is 33.8 Å². The first-order valence-corrected chi connectivity index (χ1v) is 8.53. The van der Waals surface area contributed by atoms with Gasteiger partial charge < -0.3 is 19.7 Å². The van der Waals surface area contributed by atoms with Crippen molar-refractivity contribution < 1.29 is 9.47 Å².